The Morgan fingerprint density at radius 3 is 2.07 bits per heavy atom. The first kappa shape index (κ1) is 22.8. The highest BCUT2D eigenvalue weighted by atomic mass is 16.5. The molecule has 3 rings (SSSR count). The third-order valence-electron chi connectivity index (χ3n) is 7.49. The molecule has 0 saturated heterocycles. The number of ether oxygens (including phenoxy) is 1. The van der Waals surface area contributed by atoms with Crippen molar-refractivity contribution in [3.05, 3.63) is 29.8 Å². The fourth-order valence-corrected chi connectivity index (χ4v) is 5.54. The van der Waals surface area contributed by atoms with Crippen LogP contribution in [0.5, 0.6) is 0 Å². The van der Waals surface area contributed by atoms with Crippen LogP contribution in [-0.4, -0.2) is 19.0 Å². The lowest BCUT2D eigenvalue weighted by atomic mass is 9.68. The Kier molecular flexibility index (Phi) is 8.77. The molecule has 0 aromatic heterocycles. The van der Waals surface area contributed by atoms with E-state index in [9.17, 15) is 9.59 Å². The number of unbranched alkanes of at least 4 members (excludes halogenated alkanes) is 2. The van der Waals surface area contributed by atoms with Crippen LogP contribution in [0.25, 0.3) is 0 Å². The monoisotopic (exact) mass is 413 g/mol. The van der Waals surface area contributed by atoms with E-state index in [-0.39, 0.29) is 17.8 Å². The molecule has 0 spiro atoms. The van der Waals surface area contributed by atoms with Gasteiger partial charge in [0.05, 0.1) is 12.7 Å². The standard InChI is InChI=1S/C26H39NO3/c1-3-4-5-6-19-7-9-20(10-8-19)21-11-13-22(14-12-21)25(28)27-24-17-15-23(16-18-24)26(29)30-2/h15-22H,3-14H2,1-2H3,(H,27,28). The Labute approximate surface area is 182 Å². The minimum atomic E-state index is -0.360. The zero-order valence-corrected chi connectivity index (χ0v) is 18.8. The number of amides is 1. The number of carbonyl (C=O) groups excluding carboxylic acids is 2. The number of hydrogen-bond donors (Lipinski definition) is 1. The van der Waals surface area contributed by atoms with E-state index < -0.39 is 0 Å². The van der Waals surface area contributed by atoms with Crippen LogP contribution in [0.3, 0.4) is 0 Å². The van der Waals surface area contributed by atoms with E-state index in [4.69, 9.17) is 4.74 Å². The molecule has 1 aromatic rings. The topological polar surface area (TPSA) is 55.4 Å². The van der Waals surface area contributed by atoms with Gasteiger partial charge in [-0.2, -0.15) is 0 Å². The molecule has 1 N–H and O–H groups in total. The van der Waals surface area contributed by atoms with Crippen LogP contribution in [0.2, 0.25) is 0 Å². The van der Waals surface area contributed by atoms with E-state index in [1.54, 1.807) is 24.3 Å². The first-order valence-electron chi connectivity index (χ1n) is 12.1. The van der Waals surface area contributed by atoms with Crippen molar-refractivity contribution >= 4 is 17.6 Å². The van der Waals surface area contributed by atoms with Gasteiger partial charge in [-0.1, -0.05) is 45.4 Å². The quantitative estimate of drug-likeness (QED) is 0.385. The lowest BCUT2D eigenvalue weighted by Gasteiger charge is -2.37. The highest BCUT2D eigenvalue weighted by molar-refractivity contribution is 5.94. The van der Waals surface area contributed by atoms with Crippen LogP contribution in [-0.2, 0) is 9.53 Å². The highest BCUT2D eigenvalue weighted by Gasteiger charge is 2.32. The zero-order chi connectivity index (χ0) is 21.3. The molecule has 0 heterocycles. The van der Waals surface area contributed by atoms with Gasteiger partial charge in [-0.15, -0.1) is 0 Å². The highest BCUT2D eigenvalue weighted by Crippen LogP contribution is 2.42. The summed E-state index contributed by atoms with van der Waals surface area (Å²) in [5.74, 6) is 2.57. The van der Waals surface area contributed by atoms with Gasteiger partial charge in [0, 0.05) is 11.6 Å². The predicted molar refractivity (Wildman–Crippen MR) is 121 cm³/mol. The molecule has 0 atom stereocenters. The predicted octanol–water partition coefficient (Wildman–Crippen LogP) is 6.60. The molecule has 0 aliphatic heterocycles. The van der Waals surface area contributed by atoms with Gasteiger partial charge >= 0.3 is 5.97 Å². The van der Waals surface area contributed by atoms with E-state index in [2.05, 4.69) is 12.2 Å². The van der Waals surface area contributed by atoms with Crippen LogP contribution in [0, 0.1) is 23.7 Å². The number of esters is 1. The molecule has 4 nitrogen and oxygen atoms in total. The summed E-state index contributed by atoms with van der Waals surface area (Å²) in [4.78, 5) is 24.2. The van der Waals surface area contributed by atoms with E-state index in [0.29, 0.717) is 5.56 Å². The fourth-order valence-electron chi connectivity index (χ4n) is 5.54. The maximum Gasteiger partial charge on any atom is 0.337 e. The molecule has 2 aliphatic rings. The number of carbonyl (C=O) groups is 2. The maximum absolute atomic E-state index is 12.7. The number of benzene rings is 1. The Morgan fingerprint density at radius 2 is 1.50 bits per heavy atom. The molecule has 4 heteroatoms. The zero-order valence-electron chi connectivity index (χ0n) is 18.8. The van der Waals surface area contributed by atoms with Crippen molar-refractivity contribution in [3.8, 4) is 0 Å². The molecule has 1 amide bonds. The Hall–Kier alpha value is -1.84. The first-order valence-corrected chi connectivity index (χ1v) is 12.1. The van der Waals surface area contributed by atoms with Crippen molar-refractivity contribution in [1.82, 2.24) is 0 Å². The molecular formula is C26H39NO3. The third-order valence-corrected chi connectivity index (χ3v) is 7.49. The number of nitrogens with one attached hydrogen (secondary N) is 1. The molecule has 0 radical (unpaired) electrons. The molecule has 0 unspecified atom stereocenters. The lowest BCUT2D eigenvalue weighted by molar-refractivity contribution is -0.121. The largest absolute Gasteiger partial charge is 0.465 e. The maximum atomic E-state index is 12.7. The first-order chi connectivity index (χ1) is 14.6. The Bertz CT molecular complexity index is 668. The summed E-state index contributed by atoms with van der Waals surface area (Å²) in [5, 5.41) is 3.03. The molecular weight excluding hydrogens is 374 g/mol. The Morgan fingerprint density at radius 1 is 0.900 bits per heavy atom. The van der Waals surface area contributed by atoms with Crippen LogP contribution in [0.15, 0.2) is 24.3 Å². The van der Waals surface area contributed by atoms with E-state index >= 15 is 0 Å². The van der Waals surface area contributed by atoms with Gasteiger partial charge < -0.3 is 10.1 Å². The van der Waals surface area contributed by atoms with Crippen molar-refractivity contribution < 1.29 is 14.3 Å². The van der Waals surface area contributed by atoms with Crippen LogP contribution >= 0.6 is 0 Å². The van der Waals surface area contributed by atoms with Crippen molar-refractivity contribution in [1.29, 1.82) is 0 Å². The fraction of sp³-hybridized carbons (Fsp3) is 0.692. The summed E-state index contributed by atoms with van der Waals surface area (Å²) in [7, 11) is 1.37. The van der Waals surface area contributed by atoms with E-state index in [1.165, 1.54) is 71.3 Å². The minimum absolute atomic E-state index is 0.118. The van der Waals surface area contributed by atoms with Gasteiger partial charge in [0.2, 0.25) is 5.91 Å². The van der Waals surface area contributed by atoms with Gasteiger partial charge in [0.15, 0.2) is 0 Å². The lowest BCUT2D eigenvalue weighted by Crippen LogP contribution is -2.30. The molecule has 2 aliphatic carbocycles. The van der Waals surface area contributed by atoms with Crippen molar-refractivity contribution in [2.24, 2.45) is 23.7 Å². The second kappa shape index (κ2) is 11.5. The SMILES string of the molecule is CCCCCC1CCC(C2CCC(C(=O)Nc3ccc(C(=O)OC)cc3)CC2)CC1. The minimum Gasteiger partial charge on any atom is -0.465 e. The van der Waals surface area contributed by atoms with E-state index in [0.717, 1.165) is 36.3 Å². The summed E-state index contributed by atoms with van der Waals surface area (Å²) in [6, 6.07) is 6.93. The van der Waals surface area contributed by atoms with Crippen LogP contribution in [0.4, 0.5) is 5.69 Å². The summed E-state index contributed by atoms with van der Waals surface area (Å²) in [6.07, 6.45) is 15.6. The normalized spacial score (nSPS) is 26.7. The second-order valence-electron chi connectivity index (χ2n) is 9.45. The molecule has 2 saturated carbocycles. The van der Waals surface area contributed by atoms with Gasteiger partial charge in [-0.05, 0) is 80.5 Å². The van der Waals surface area contributed by atoms with Crippen molar-refractivity contribution in [2.75, 3.05) is 12.4 Å². The van der Waals surface area contributed by atoms with Gasteiger partial charge in [0.25, 0.3) is 0 Å². The number of hydrogen-bond acceptors (Lipinski definition) is 3. The smallest absolute Gasteiger partial charge is 0.337 e. The van der Waals surface area contributed by atoms with Gasteiger partial charge in [-0.25, -0.2) is 4.79 Å². The Balaban J connectivity index is 1.39. The van der Waals surface area contributed by atoms with Crippen molar-refractivity contribution in [2.45, 2.75) is 84.0 Å². The van der Waals surface area contributed by atoms with Gasteiger partial charge in [-0.3, -0.25) is 4.79 Å². The molecule has 30 heavy (non-hydrogen) atoms. The summed E-state index contributed by atoms with van der Waals surface area (Å²) in [6.45, 7) is 2.29. The second-order valence-corrected chi connectivity index (χ2v) is 9.45. The number of methoxy groups -OCH3 is 1. The average Bonchev–Trinajstić information content (AvgIpc) is 2.80. The van der Waals surface area contributed by atoms with Crippen molar-refractivity contribution in [3.63, 3.8) is 0 Å². The summed E-state index contributed by atoms with van der Waals surface area (Å²) < 4.78 is 4.71. The number of rotatable bonds is 8. The average molecular weight is 414 g/mol. The summed E-state index contributed by atoms with van der Waals surface area (Å²) >= 11 is 0. The molecule has 1 aromatic carbocycles. The van der Waals surface area contributed by atoms with Gasteiger partial charge in [0.1, 0.15) is 0 Å². The molecule has 166 valence electrons. The molecule has 2 fully saturated rings. The third kappa shape index (κ3) is 6.33. The molecule has 0 bridgehead atoms. The number of anilines is 1. The van der Waals surface area contributed by atoms with E-state index in [1.807, 2.05) is 0 Å². The van der Waals surface area contributed by atoms with Crippen LogP contribution < -0.4 is 5.32 Å². The van der Waals surface area contributed by atoms with Crippen LogP contribution in [0.1, 0.15) is 94.3 Å². The summed E-state index contributed by atoms with van der Waals surface area (Å²) in [5.41, 5.74) is 1.24.